The first-order valence-electron chi connectivity index (χ1n) is 10.9. The van der Waals surface area contributed by atoms with Crippen molar-refractivity contribution in [3.63, 3.8) is 0 Å². The molecule has 0 saturated carbocycles. The molecule has 172 valence electrons. The van der Waals surface area contributed by atoms with Crippen molar-refractivity contribution in [1.29, 1.82) is 0 Å². The molecule has 2 aromatic rings. The number of aryl methyl sites for hydroxylation is 1. The van der Waals surface area contributed by atoms with Gasteiger partial charge in [0.15, 0.2) is 0 Å². The molecule has 0 bridgehead atoms. The summed E-state index contributed by atoms with van der Waals surface area (Å²) in [5.74, 6) is 5.88. The number of hydrogen-bond acceptors (Lipinski definition) is 6. The first-order valence-corrected chi connectivity index (χ1v) is 10.9. The van der Waals surface area contributed by atoms with Crippen LogP contribution in [0.2, 0.25) is 0 Å². The van der Waals surface area contributed by atoms with E-state index in [1.165, 1.54) is 0 Å². The summed E-state index contributed by atoms with van der Waals surface area (Å²) < 4.78 is 5.70. The highest BCUT2D eigenvalue weighted by Gasteiger charge is 2.43. The van der Waals surface area contributed by atoms with Crippen molar-refractivity contribution in [2.24, 2.45) is 0 Å². The van der Waals surface area contributed by atoms with Crippen molar-refractivity contribution in [3.05, 3.63) is 70.3 Å². The molecule has 0 spiro atoms. The maximum atomic E-state index is 10.4. The predicted octanol–water partition coefficient (Wildman–Crippen LogP) is 1.61. The molecule has 0 aromatic heterocycles. The van der Waals surface area contributed by atoms with Gasteiger partial charge < -0.3 is 30.3 Å². The Hall–Kier alpha value is -2.24. The van der Waals surface area contributed by atoms with E-state index in [0.717, 1.165) is 22.3 Å². The molecule has 6 atom stereocenters. The van der Waals surface area contributed by atoms with Crippen molar-refractivity contribution in [2.75, 3.05) is 6.61 Å². The van der Waals surface area contributed by atoms with E-state index in [9.17, 15) is 25.5 Å². The van der Waals surface area contributed by atoms with E-state index in [4.69, 9.17) is 4.74 Å². The fraction of sp³-hybridized carbons (Fsp3) is 0.462. The largest absolute Gasteiger partial charge is 0.394 e. The molecular formula is C26H32O6. The molecule has 6 nitrogen and oxygen atoms in total. The molecule has 0 amide bonds. The Morgan fingerprint density at radius 3 is 2.31 bits per heavy atom. The smallest absolute Gasteiger partial charge is 0.122 e. The topological polar surface area (TPSA) is 110 Å². The molecule has 1 heterocycles. The highest BCUT2D eigenvalue weighted by Crippen LogP contribution is 2.33. The molecular weight excluding hydrogens is 408 g/mol. The Labute approximate surface area is 189 Å². The minimum Gasteiger partial charge on any atom is -0.394 e. The van der Waals surface area contributed by atoms with Crippen LogP contribution < -0.4 is 0 Å². The van der Waals surface area contributed by atoms with Crippen LogP contribution in [-0.4, -0.2) is 62.2 Å². The average molecular weight is 441 g/mol. The van der Waals surface area contributed by atoms with Gasteiger partial charge >= 0.3 is 0 Å². The van der Waals surface area contributed by atoms with Gasteiger partial charge in [-0.2, -0.15) is 0 Å². The van der Waals surface area contributed by atoms with Gasteiger partial charge in [-0.25, -0.2) is 0 Å². The van der Waals surface area contributed by atoms with E-state index >= 15 is 0 Å². The molecule has 1 unspecified atom stereocenters. The number of hydrogen-bond donors (Lipinski definition) is 5. The van der Waals surface area contributed by atoms with Crippen LogP contribution in [0.1, 0.15) is 54.2 Å². The lowest BCUT2D eigenvalue weighted by atomic mass is 9.89. The summed E-state index contributed by atoms with van der Waals surface area (Å²) in [7, 11) is 0. The van der Waals surface area contributed by atoms with Gasteiger partial charge in [0.2, 0.25) is 0 Å². The zero-order chi connectivity index (χ0) is 23.5. The maximum absolute atomic E-state index is 10.4. The lowest BCUT2D eigenvalue weighted by molar-refractivity contribution is -0.231. The Morgan fingerprint density at radius 2 is 1.69 bits per heavy atom. The van der Waals surface area contributed by atoms with Gasteiger partial charge in [0.05, 0.1) is 6.61 Å². The molecule has 32 heavy (non-hydrogen) atoms. The second kappa shape index (κ2) is 10.1. The summed E-state index contributed by atoms with van der Waals surface area (Å²) in [6.45, 7) is 5.13. The van der Waals surface area contributed by atoms with Gasteiger partial charge in [-0.3, -0.25) is 0 Å². The van der Waals surface area contributed by atoms with Crippen molar-refractivity contribution in [3.8, 4) is 11.8 Å². The van der Waals surface area contributed by atoms with Gasteiger partial charge in [0.1, 0.15) is 36.1 Å². The molecule has 2 aromatic carbocycles. The maximum Gasteiger partial charge on any atom is 0.122 e. The summed E-state index contributed by atoms with van der Waals surface area (Å²) in [5, 5.41) is 50.0. The standard InChI is InChI=1S/C26H32O6/c1-4-26(3,31)12-11-17-6-8-18(9-7-17)13-20-14-19(10-5-16(20)2)25-24(30)23(29)22(28)21(15-27)32-25/h5-10,14,21-25,27-31H,4,13,15H2,1-3H3/t21-,22-,23+,24-,25+,26?/m1/s1. The fourth-order valence-electron chi connectivity index (χ4n) is 3.66. The highest BCUT2D eigenvalue weighted by atomic mass is 16.5. The summed E-state index contributed by atoms with van der Waals surface area (Å²) in [6, 6.07) is 13.5. The average Bonchev–Trinajstić information content (AvgIpc) is 2.79. The van der Waals surface area contributed by atoms with Gasteiger partial charge in [-0.05, 0) is 61.1 Å². The van der Waals surface area contributed by atoms with Crippen LogP contribution in [0.15, 0.2) is 42.5 Å². The minimum absolute atomic E-state index is 0.455. The molecule has 1 fully saturated rings. The van der Waals surface area contributed by atoms with Gasteiger partial charge in [-0.1, -0.05) is 49.1 Å². The summed E-state index contributed by atoms with van der Waals surface area (Å²) >= 11 is 0. The SMILES string of the molecule is CCC(C)(O)C#Cc1ccc(Cc2cc([C@@H]3O[C@H](CO)[C@@H](O)[C@H](O)[C@H]3O)ccc2C)cc1. The van der Waals surface area contributed by atoms with Crippen molar-refractivity contribution >= 4 is 0 Å². The number of rotatable bonds is 5. The zero-order valence-electron chi connectivity index (χ0n) is 18.7. The molecule has 1 saturated heterocycles. The van der Waals surface area contributed by atoms with E-state index in [1.54, 1.807) is 6.92 Å². The molecule has 3 rings (SSSR count). The van der Waals surface area contributed by atoms with E-state index in [2.05, 4.69) is 11.8 Å². The normalized spacial score (nSPS) is 27.3. The van der Waals surface area contributed by atoms with Gasteiger partial charge in [-0.15, -0.1) is 0 Å². The first kappa shape index (κ1) is 24.4. The minimum atomic E-state index is -1.40. The Morgan fingerprint density at radius 1 is 1.00 bits per heavy atom. The second-order valence-corrected chi connectivity index (χ2v) is 8.69. The van der Waals surface area contributed by atoms with Crippen LogP contribution in [0.25, 0.3) is 0 Å². The Kier molecular flexibility index (Phi) is 7.73. The van der Waals surface area contributed by atoms with Crippen molar-refractivity contribution < 1.29 is 30.3 Å². The highest BCUT2D eigenvalue weighted by molar-refractivity contribution is 5.41. The zero-order valence-corrected chi connectivity index (χ0v) is 18.7. The molecule has 5 N–H and O–H groups in total. The second-order valence-electron chi connectivity index (χ2n) is 8.69. The molecule has 0 aliphatic carbocycles. The third-order valence-corrected chi connectivity index (χ3v) is 6.11. The summed E-state index contributed by atoms with van der Waals surface area (Å²) in [4.78, 5) is 0. The van der Waals surface area contributed by atoms with Gasteiger partial charge in [0, 0.05) is 5.56 Å². The molecule has 6 heteroatoms. The third-order valence-electron chi connectivity index (χ3n) is 6.11. The predicted molar refractivity (Wildman–Crippen MR) is 121 cm³/mol. The lowest BCUT2D eigenvalue weighted by Crippen LogP contribution is -2.55. The van der Waals surface area contributed by atoms with Crippen molar-refractivity contribution in [1.82, 2.24) is 0 Å². The van der Waals surface area contributed by atoms with Gasteiger partial charge in [0.25, 0.3) is 0 Å². The summed E-state index contributed by atoms with van der Waals surface area (Å²) in [5.41, 5.74) is 3.68. The van der Waals surface area contributed by atoms with Crippen LogP contribution in [0, 0.1) is 18.8 Å². The molecule has 1 aliphatic heterocycles. The van der Waals surface area contributed by atoms with Crippen LogP contribution in [0.5, 0.6) is 0 Å². The fourth-order valence-corrected chi connectivity index (χ4v) is 3.66. The van der Waals surface area contributed by atoms with E-state index in [1.807, 2.05) is 56.3 Å². The Bertz CT molecular complexity index is 970. The third kappa shape index (κ3) is 5.57. The Balaban J connectivity index is 1.79. The number of aliphatic hydroxyl groups is 5. The quantitative estimate of drug-likeness (QED) is 0.452. The molecule has 0 radical (unpaired) electrons. The summed E-state index contributed by atoms with van der Waals surface area (Å²) in [6.07, 6.45) is -4.67. The first-order chi connectivity index (χ1) is 15.1. The van der Waals surface area contributed by atoms with E-state index in [-0.39, 0.29) is 0 Å². The van der Waals surface area contributed by atoms with E-state index < -0.39 is 42.7 Å². The molecule has 1 aliphatic rings. The van der Waals surface area contributed by atoms with E-state index in [0.29, 0.717) is 18.4 Å². The van der Waals surface area contributed by atoms with Crippen LogP contribution in [0.3, 0.4) is 0 Å². The monoisotopic (exact) mass is 440 g/mol. The van der Waals surface area contributed by atoms with Crippen LogP contribution in [0.4, 0.5) is 0 Å². The number of benzene rings is 2. The number of ether oxygens (including phenoxy) is 1. The van der Waals surface area contributed by atoms with Crippen molar-refractivity contribution in [2.45, 2.75) is 69.7 Å². The lowest BCUT2D eigenvalue weighted by Gasteiger charge is -2.40. The number of aliphatic hydroxyl groups excluding tert-OH is 4. The van der Waals surface area contributed by atoms with Crippen LogP contribution >= 0.6 is 0 Å². The van der Waals surface area contributed by atoms with Crippen LogP contribution in [-0.2, 0) is 11.2 Å².